The van der Waals surface area contributed by atoms with Crippen LogP contribution in [0.5, 0.6) is 23.0 Å². The first kappa shape index (κ1) is 28.7. The Balaban J connectivity index is 0.00000456. The van der Waals surface area contributed by atoms with E-state index in [1.807, 2.05) is 23.6 Å². The number of carboxylic acid groups (broad SMARTS) is 1. The van der Waals surface area contributed by atoms with E-state index in [-0.39, 0.29) is 25.2 Å². The van der Waals surface area contributed by atoms with Crippen LogP contribution in [0.2, 0.25) is 0 Å². The maximum atomic E-state index is 12.6. The van der Waals surface area contributed by atoms with E-state index in [9.17, 15) is 9.59 Å². The van der Waals surface area contributed by atoms with Crippen LogP contribution in [-0.2, 0) is 9.59 Å². The largest absolute Gasteiger partial charge is 1.00 e. The van der Waals surface area contributed by atoms with Gasteiger partial charge in [0.2, 0.25) is 5.75 Å². The predicted molar refractivity (Wildman–Crippen MR) is 131 cm³/mol. The Morgan fingerprint density at radius 2 is 1.64 bits per heavy atom. The highest BCUT2D eigenvalue weighted by Crippen LogP contribution is 2.44. The Hall–Kier alpha value is -3.54. The van der Waals surface area contributed by atoms with Crippen molar-refractivity contribution in [3.63, 3.8) is 0 Å². The monoisotopic (exact) mass is 537 g/mol. The van der Waals surface area contributed by atoms with Crippen LogP contribution in [0.25, 0.3) is 22.4 Å². The summed E-state index contributed by atoms with van der Waals surface area (Å²) in [4.78, 5) is 23.4. The number of halogens is 1. The van der Waals surface area contributed by atoms with Gasteiger partial charge in [0.25, 0.3) is 5.91 Å². The molecule has 12 heteroatoms. The van der Waals surface area contributed by atoms with Crippen molar-refractivity contribution in [2.75, 3.05) is 33.8 Å². The van der Waals surface area contributed by atoms with Gasteiger partial charge in [-0.05, 0) is 41.4 Å². The van der Waals surface area contributed by atoms with Gasteiger partial charge in [0, 0.05) is 22.9 Å². The number of nitrogens with zero attached hydrogens (tertiary/aromatic N) is 1. The van der Waals surface area contributed by atoms with E-state index in [4.69, 9.17) is 24.1 Å². The predicted octanol–water partition coefficient (Wildman–Crippen LogP) is -0.0707. The van der Waals surface area contributed by atoms with Crippen LogP contribution in [0.4, 0.5) is 5.69 Å². The lowest BCUT2D eigenvalue weighted by atomic mass is 10.0. The molecule has 36 heavy (non-hydrogen) atoms. The standard InChI is InChI=1S/C24H27N3O7S.ClH/c1-31-18-7-5-13(9-17(18)26-24(30)16(25)6-8-21(28)29)15-12-35-27-22(15)14-10-19(32-2)23(34-4)20(11-14)33-3;/h5,7,9-12,16H,6,8,25H2,1-4H3,(H,26,30)(H,28,29);1H/t16-;/m0./s1. The molecule has 0 spiro atoms. The second-order valence-corrected chi connectivity index (χ2v) is 8.15. The minimum Gasteiger partial charge on any atom is -1.00 e. The Kier molecular flexibility index (Phi) is 10.3. The maximum Gasteiger partial charge on any atom is 0.303 e. The third kappa shape index (κ3) is 6.36. The van der Waals surface area contributed by atoms with Gasteiger partial charge >= 0.3 is 5.97 Å². The van der Waals surface area contributed by atoms with Gasteiger partial charge in [-0.1, -0.05) is 6.07 Å². The van der Waals surface area contributed by atoms with E-state index in [1.165, 1.54) is 18.6 Å². The molecule has 1 heterocycles. The number of aliphatic carboxylic acids is 1. The molecule has 1 aromatic heterocycles. The molecule has 0 aliphatic carbocycles. The number of anilines is 1. The first-order chi connectivity index (χ1) is 16.8. The summed E-state index contributed by atoms with van der Waals surface area (Å²) in [5.74, 6) is 0.587. The van der Waals surface area contributed by atoms with Gasteiger partial charge in [0.05, 0.1) is 46.2 Å². The molecule has 1 amide bonds. The van der Waals surface area contributed by atoms with Crippen molar-refractivity contribution < 1.29 is 51.8 Å². The van der Waals surface area contributed by atoms with Crippen LogP contribution in [0.15, 0.2) is 35.7 Å². The van der Waals surface area contributed by atoms with Crippen LogP contribution in [-0.4, -0.2) is 55.8 Å². The third-order valence-electron chi connectivity index (χ3n) is 5.35. The molecule has 1 atom stereocenters. The van der Waals surface area contributed by atoms with Gasteiger partial charge < -0.3 is 47.5 Å². The quantitative estimate of drug-likeness (QED) is 0.308. The molecule has 0 fully saturated rings. The fraction of sp³-hybridized carbons (Fsp3) is 0.292. The number of carbonyl (C=O) groups excluding carboxylic acids is 1. The van der Waals surface area contributed by atoms with Crippen LogP contribution in [0, 0.1) is 0 Å². The third-order valence-corrected chi connectivity index (χ3v) is 5.98. The number of carboxylic acids is 1. The first-order valence-corrected chi connectivity index (χ1v) is 11.4. The zero-order valence-electron chi connectivity index (χ0n) is 20.3. The summed E-state index contributed by atoms with van der Waals surface area (Å²) in [5.41, 5.74) is 7.32. The van der Waals surface area contributed by atoms with Crippen LogP contribution >= 0.6 is 11.5 Å². The number of benzene rings is 2. The van der Waals surface area contributed by atoms with Gasteiger partial charge in [0.1, 0.15) is 5.75 Å². The van der Waals surface area contributed by atoms with E-state index in [0.29, 0.717) is 34.4 Å². The number of carbonyl (C=O) groups is 2. The highest BCUT2D eigenvalue weighted by Gasteiger charge is 2.22. The van der Waals surface area contributed by atoms with Crippen molar-refractivity contribution >= 4 is 29.1 Å². The molecule has 0 bridgehead atoms. The average Bonchev–Trinajstić information content (AvgIpc) is 3.36. The summed E-state index contributed by atoms with van der Waals surface area (Å²) in [6, 6.07) is 8.32. The Morgan fingerprint density at radius 1 is 1.00 bits per heavy atom. The zero-order valence-corrected chi connectivity index (χ0v) is 21.9. The maximum absolute atomic E-state index is 12.6. The molecule has 0 saturated carbocycles. The van der Waals surface area contributed by atoms with E-state index in [1.54, 1.807) is 33.5 Å². The number of methoxy groups -OCH3 is 4. The van der Waals surface area contributed by atoms with Crippen LogP contribution in [0.3, 0.4) is 0 Å². The number of amides is 1. The van der Waals surface area contributed by atoms with Crippen LogP contribution in [0.1, 0.15) is 12.8 Å². The minimum absolute atomic E-state index is 0. The lowest BCUT2D eigenvalue weighted by Gasteiger charge is -2.15. The molecule has 0 unspecified atom stereocenters. The Labute approximate surface area is 218 Å². The van der Waals surface area contributed by atoms with E-state index in [2.05, 4.69) is 15.4 Å². The summed E-state index contributed by atoms with van der Waals surface area (Å²) in [5, 5.41) is 13.6. The van der Waals surface area contributed by atoms with E-state index in [0.717, 1.165) is 16.7 Å². The summed E-state index contributed by atoms with van der Waals surface area (Å²) in [6.45, 7) is 0. The molecule has 0 aliphatic rings. The fourth-order valence-electron chi connectivity index (χ4n) is 3.50. The SMILES string of the molecule is COc1ccc(-c2csnc2-c2cc(OC)c(OC)c(OC)c2)cc1NC(=O)[C@@H]([NH3+])CCC(=O)O.[Cl-]. The number of aromatic nitrogens is 1. The Bertz CT molecular complexity index is 1190. The molecular weight excluding hydrogens is 510 g/mol. The van der Waals surface area contributed by atoms with Crippen molar-refractivity contribution in [2.24, 2.45) is 0 Å². The highest BCUT2D eigenvalue weighted by molar-refractivity contribution is 7.04. The van der Waals surface area contributed by atoms with Crippen LogP contribution < -0.4 is 42.4 Å². The van der Waals surface area contributed by atoms with Gasteiger partial charge in [0.15, 0.2) is 17.5 Å². The first-order valence-electron chi connectivity index (χ1n) is 10.6. The van der Waals surface area contributed by atoms with E-state index < -0.39 is 17.9 Å². The van der Waals surface area contributed by atoms with Gasteiger partial charge in [-0.3, -0.25) is 9.59 Å². The summed E-state index contributed by atoms with van der Waals surface area (Å²) >= 11 is 1.29. The highest BCUT2D eigenvalue weighted by atomic mass is 35.5. The molecule has 10 nitrogen and oxygen atoms in total. The lowest BCUT2D eigenvalue weighted by molar-refractivity contribution is -0.403. The molecule has 2 aromatic carbocycles. The van der Waals surface area contributed by atoms with Gasteiger partial charge in [-0.15, -0.1) is 0 Å². The molecular formula is C24H28ClN3O7S. The molecule has 5 N–H and O–H groups in total. The number of hydrogen-bond donors (Lipinski definition) is 3. The number of hydrogen-bond acceptors (Lipinski definition) is 8. The van der Waals surface area contributed by atoms with Gasteiger partial charge in [-0.2, -0.15) is 4.37 Å². The van der Waals surface area contributed by atoms with E-state index >= 15 is 0 Å². The Morgan fingerprint density at radius 3 is 2.19 bits per heavy atom. The summed E-state index contributed by atoms with van der Waals surface area (Å²) in [7, 11) is 6.14. The summed E-state index contributed by atoms with van der Waals surface area (Å²) in [6.07, 6.45) is -0.0135. The molecule has 0 radical (unpaired) electrons. The molecule has 0 aliphatic heterocycles. The lowest BCUT2D eigenvalue weighted by Crippen LogP contribution is -3.00. The summed E-state index contributed by atoms with van der Waals surface area (Å²) < 4.78 is 26.4. The normalized spacial score (nSPS) is 11.1. The number of quaternary nitrogens is 1. The van der Waals surface area contributed by atoms with Crippen molar-refractivity contribution in [1.82, 2.24) is 4.37 Å². The topological polar surface area (TPSA) is 144 Å². The van der Waals surface area contributed by atoms with Crippen molar-refractivity contribution in [3.05, 3.63) is 35.7 Å². The number of ether oxygens (including phenoxy) is 4. The molecule has 3 aromatic rings. The van der Waals surface area contributed by atoms with Crippen molar-refractivity contribution in [3.8, 4) is 45.4 Å². The second-order valence-electron chi connectivity index (χ2n) is 7.52. The second kappa shape index (κ2) is 13.0. The molecule has 0 saturated heterocycles. The molecule has 3 rings (SSSR count). The average molecular weight is 538 g/mol. The van der Waals surface area contributed by atoms with Gasteiger partial charge in [-0.25, -0.2) is 0 Å². The zero-order chi connectivity index (χ0) is 25.5. The fourth-order valence-corrected chi connectivity index (χ4v) is 4.22. The molecule has 194 valence electrons. The minimum atomic E-state index is -0.977. The number of rotatable bonds is 11. The van der Waals surface area contributed by atoms with Crippen molar-refractivity contribution in [1.29, 1.82) is 0 Å². The number of nitrogens with one attached hydrogen (secondary N) is 1. The van der Waals surface area contributed by atoms with Crippen molar-refractivity contribution in [2.45, 2.75) is 18.9 Å². The smallest absolute Gasteiger partial charge is 0.303 e.